The van der Waals surface area contributed by atoms with Crippen LogP contribution >= 0.6 is 11.3 Å². The molecular formula is C29H36N4O2S. The van der Waals surface area contributed by atoms with Crippen LogP contribution in [0.15, 0.2) is 51.1 Å². The number of anilines is 1. The second-order valence-corrected chi connectivity index (χ2v) is 10.8. The van der Waals surface area contributed by atoms with Gasteiger partial charge in [-0.2, -0.15) is 0 Å². The highest BCUT2D eigenvalue weighted by Gasteiger charge is 2.26. The van der Waals surface area contributed by atoms with Gasteiger partial charge in [0, 0.05) is 64.7 Å². The summed E-state index contributed by atoms with van der Waals surface area (Å²) in [4.78, 5) is 12.7. The fourth-order valence-electron chi connectivity index (χ4n) is 4.90. The number of pyridine rings is 2. The van der Waals surface area contributed by atoms with Crippen LogP contribution in [0.2, 0.25) is 0 Å². The van der Waals surface area contributed by atoms with Crippen LogP contribution < -0.4 is 5.73 Å². The van der Waals surface area contributed by atoms with Crippen LogP contribution in [0.25, 0.3) is 38.0 Å². The Bertz CT molecular complexity index is 1400. The van der Waals surface area contributed by atoms with E-state index < -0.39 is 0 Å². The van der Waals surface area contributed by atoms with E-state index in [0.29, 0.717) is 11.4 Å². The quantitative estimate of drug-likeness (QED) is 0.276. The van der Waals surface area contributed by atoms with Crippen molar-refractivity contribution in [3.63, 3.8) is 0 Å². The third kappa shape index (κ3) is 5.37. The Kier molecular flexibility index (Phi) is 8.21. The first kappa shape index (κ1) is 26.0. The average molecular weight is 505 g/mol. The molecule has 3 atom stereocenters. The summed E-state index contributed by atoms with van der Waals surface area (Å²) in [5.74, 6) is 2.79. The maximum atomic E-state index is 9.24. The normalized spacial score (nSPS) is 18.5. The van der Waals surface area contributed by atoms with Crippen molar-refractivity contribution in [2.45, 2.75) is 59.5 Å². The molecule has 3 unspecified atom stereocenters. The molecule has 0 aromatic carbocycles. The number of thiophene rings is 1. The zero-order valence-corrected chi connectivity index (χ0v) is 22.6. The van der Waals surface area contributed by atoms with Gasteiger partial charge in [-0.25, -0.2) is 4.98 Å². The lowest BCUT2D eigenvalue weighted by atomic mass is 9.91. The minimum atomic E-state index is 0.0130. The monoisotopic (exact) mass is 504 g/mol. The summed E-state index contributed by atoms with van der Waals surface area (Å²) in [5.41, 5.74) is 10.9. The minimum Gasteiger partial charge on any atom is -0.452 e. The molecule has 4 heterocycles. The summed E-state index contributed by atoms with van der Waals surface area (Å²) in [6, 6.07) is 4.04. The van der Waals surface area contributed by atoms with E-state index in [2.05, 4.69) is 48.0 Å². The Morgan fingerprint density at radius 3 is 2.78 bits per heavy atom. The zero-order chi connectivity index (χ0) is 25.8. The van der Waals surface area contributed by atoms with Crippen LogP contribution in [0.3, 0.4) is 0 Å². The Labute approximate surface area is 217 Å². The van der Waals surface area contributed by atoms with E-state index in [9.17, 15) is 5.11 Å². The number of nitrogens with two attached hydrogens (primary N) is 1. The lowest BCUT2D eigenvalue weighted by molar-refractivity contribution is 0.171. The van der Waals surface area contributed by atoms with E-state index in [1.54, 1.807) is 30.8 Å². The van der Waals surface area contributed by atoms with Crippen molar-refractivity contribution in [3.8, 4) is 11.3 Å². The molecular weight excluding hydrogens is 468 g/mol. The van der Waals surface area contributed by atoms with Crippen molar-refractivity contribution in [2.24, 2.45) is 16.8 Å². The molecule has 0 radical (unpaired) electrons. The summed E-state index contributed by atoms with van der Waals surface area (Å²) >= 11 is 1.65. The molecule has 3 N–H and O–H groups in total. The molecule has 7 heteroatoms. The van der Waals surface area contributed by atoms with Gasteiger partial charge >= 0.3 is 0 Å². The van der Waals surface area contributed by atoms with Crippen LogP contribution in [0.5, 0.6) is 0 Å². The third-order valence-electron chi connectivity index (χ3n) is 7.21. The average Bonchev–Trinajstić information content (AvgIpc) is 3.61. The summed E-state index contributed by atoms with van der Waals surface area (Å²) < 4.78 is 7.25. The number of hydrogen-bond donors (Lipinski definition) is 2. The molecule has 0 amide bonds. The fraction of sp³-hybridized carbons (Fsp3) is 0.414. The summed E-state index contributed by atoms with van der Waals surface area (Å²) in [7, 11) is 1.76. The molecule has 5 rings (SSSR count). The second-order valence-electron chi connectivity index (χ2n) is 9.85. The number of aliphatic hydroxyl groups is 1. The van der Waals surface area contributed by atoms with E-state index in [-0.39, 0.29) is 6.10 Å². The molecule has 0 aliphatic heterocycles. The first-order chi connectivity index (χ1) is 17.3. The number of nitrogens with zero attached hydrogens (tertiary/aromatic N) is 3. The van der Waals surface area contributed by atoms with Crippen molar-refractivity contribution < 1.29 is 9.52 Å². The van der Waals surface area contributed by atoms with Crippen LogP contribution in [0.1, 0.15) is 58.9 Å². The van der Waals surface area contributed by atoms with E-state index in [4.69, 9.17) is 10.2 Å². The Morgan fingerprint density at radius 1 is 1.31 bits per heavy atom. The number of aromatic nitrogens is 2. The third-order valence-corrected chi connectivity index (χ3v) is 8.15. The Hall–Kier alpha value is -3.03. The Morgan fingerprint density at radius 2 is 2.11 bits per heavy atom. The SMILES string of the molecule is CCC(C)C1CCC(O)C1.CN=CC(=C(C)C)c1cnc(N)c2oc(-c3csc4cnccc34)cc12. The van der Waals surface area contributed by atoms with Crippen molar-refractivity contribution >= 4 is 50.0 Å². The summed E-state index contributed by atoms with van der Waals surface area (Å²) in [5, 5.41) is 13.4. The standard InChI is InChI=1S/C20H18N4OS.C9H18O/c1-11(2)14(7-22-3)15-8-24-20(21)19-13(15)6-17(25-19)16-10-26-18-9-23-5-4-12(16)18;1-3-7(2)8-4-5-9(10)6-8/h4-10H,1-3H3,(H2,21,24);7-10H,3-6H2,1-2H3. The number of aliphatic imine (C=N–C) groups is 1. The molecule has 1 aliphatic carbocycles. The maximum Gasteiger partial charge on any atom is 0.177 e. The van der Waals surface area contributed by atoms with Gasteiger partial charge in [0.15, 0.2) is 11.4 Å². The number of rotatable bonds is 5. The molecule has 0 spiro atoms. The maximum absolute atomic E-state index is 9.24. The van der Waals surface area contributed by atoms with E-state index in [1.807, 2.05) is 24.5 Å². The molecule has 4 aromatic rings. The van der Waals surface area contributed by atoms with Gasteiger partial charge < -0.3 is 15.3 Å². The molecule has 190 valence electrons. The predicted molar refractivity (Wildman–Crippen MR) is 153 cm³/mol. The number of hydrogen-bond acceptors (Lipinski definition) is 7. The smallest absolute Gasteiger partial charge is 0.177 e. The molecule has 1 aliphatic rings. The highest BCUT2D eigenvalue weighted by molar-refractivity contribution is 7.17. The van der Waals surface area contributed by atoms with Crippen LogP contribution in [-0.2, 0) is 0 Å². The minimum absolute atomic E-state index is 0.0130. The Balaban J connectivity index is 0.000000256. The van der Waals surface area contributed by atoms with E-state index in [0.717, 1.165) is 68.2 Å². The number of nitrogen functional groups attached to an aromatic ring is 1. The van der Waals surface area contributed by atoms with Crippen LogP contribution in [0.4, 0.5) is 5.82 Å². The van der Waals surface area contributed by atoms with Gasteiger partial charge in [-0.1, -0.05) is 25.8 Å². The van der Waals surface area contributed by atoms with Gasteiger partial charge in [-0.05, 0) is 57.1 Å². The molecule has 36 heavy (non-hydrogen) atoms. The van der Waals surface area contributed by atoms with Crippen molar-refractivity contribution in [1.29, 1.82) is 0 Å². The zero-order valence-electron chi connectivity index (χ0n) is 21.8. The van der Waals surface area contributed by atoms with Gasteiger partial charge in [-0.3, -0.25) is 9.98 Å². The highest BCUT2D eigenvalue weighted by Crippen LogP contribution is 2.39. The lowest BCUT2D eigenvalue weighted by Crippen LogP contribution is -2.08. The number of furan rings is 1. The van der Waals surface area contributed by atoms with Crippen molar-refractivity contribution in [1.82, 2.24) is 9.97 Å². The van der Waals surface area contributed by atoms with Gasteiger partial charge in [0.05, 0.1) is 10.8 Å². The molecule has 1 fully saturated rings. The van der Waals surface area contributed by atoms with Gasteiger partial charge in [0.25, 0.3) is 0 Å². The number of fused-ring (bicyclic) bond motifs is 2. The summed E-state index contributed by atoms with van der Waals surface area (Å²) in [6.07, 6.45) is 11.9. The number of aliphatic hydroxyl groups excluding tert-OH is 1. The number of allylic oxidation sites excluding steroid dienone is 2. The first-order valence-corrected chi connectivity index (χ1v) is 13.5. The topological polar surface area (TPSA) is 97.5 Å². The molecule has 0 bridgehead atoms. The lowest BCUT2D eigenvalue weighted by Gasteiger charge is -2.15. The molecule has 4 aromatic heterocycles. The summed E-state index contributed by atoms with van der Waals surface area (Å²) in [6.45, 7) is 8.64. The van der Waals surface area contributed by atoms with Crippen LogP contribution in [-0.4, -0.2) is 34.4 Å². The molecule has 0 saturated heterocycles. The second kappa shape index (κ2) is 11.4. The van der Waals surface area contributed by atoms with Crippen molar-refractivity contribution in [2.75, 3.05) is 12.8 Å². The highest BCUT2D eigenvalue weighted by atomic mass is 32.1. The fourth-order valence-corrected chi connectivity index (χ4v) is 5.82. The van der Waals surface area contributed by atoms with Gasteiger partial charge in [0.2, 0.25) is 0 Å². The van der Waals surface area contributed by atoms with Gasteiger partial charge in [0.1, 0.15) is 5.76 Å². The molecule has 6 nitrogen and oxygen atoms in total. The first-order valence-electron chi connectivity index (χ1n) is 12.6. The van der Waals surface area contributed by atoms with Crippen LogP contribution in [0, 0.1) is 11.8 Å². The van der Waals surface area contributed by atoms with Gasteiger partial charge in [-0.15, -0.1) is 11.3 Å². The van der Waals surface area contributed by atoms with Crippen molar-refractivity contribution in [3.05, 3.63) is 47.2 Å². The largest absolute Gasteiger partial charge is 0.452 e. The van der Waals surface area contributed by atoms with E-state index in [1.165, 1.54) is 12.8 Å². The molecule has 1 saturated carbocycles. The predicted octanol–water partition coefficient (Wildman–Crippen LogP) is 7.37. The van der Waals surface area contributed by atoms with E-state index >= 15 is 0 Å².